The number of rotatable bonds is 4. The third-order valence-electron chi connectivity index (χ3n) is 7.39. The summed E-state index contributed by atoms with van der Waals surface area (Å²) in [5.41, 5.74) is 9.26. The Morgan fingerprint density at radius 1 is 0.395 bits per heavy atom. The zero-order valence-corrected chi connectivity index (χ0v) is 25.5. The normalized spacial score (nSPS) is 11.8. The van der Waals surface area contributed by atoms with E-state index in [1.54, 1.807) is 0 Å². The molecule has 0 amide bonds. The van der Waals surface area contributed by atoms with Gasteiger partial charge >= 0.3 is 28.4 Å². The average Bonchev–Trinajstić information content (AvgIpc) is 3.72. The molecule has 1 aromatic heterocycles. The molecule has 7 aromatic rings. The van der Waals surface area contributed by atoms with Crippen LogP contribution in [0.1, 0.15) is 0 Å². The SMILES string of the molecule is C1=[N+](c2ccccc2)C=C[N+]=1c1ccccc1.[Au+].c1ccc(-c2ccc3[n-]c4ccc(-c5ccccc5)cc4c3c2)cc1. The van der Waals surface area contributed by atoms with Gasteiger partial charge in [-0.2, -0.15) is 0 Å². The van der Waals surface area contributed by atoms with E-state index >= 15 is 0 Å². The Bertz CT molecular complexity index is 1940. The number of para-hydroxylation sites is 2. The smallest absolute Gasteiger partial charge is 0.657 e. The third kappa shape index (κ3) is 6.12. The molecule has 0 atom stereocenters. The van der Waals surface area contributed by atoms with E-state index in [1.807, 2.05) is 70.1 Å². The van der Waals surface area contributed by atoms with Gasteiger partial charge in [-0.15, -0.1) is 11.0 Å². The topological polar surface area (TPSA) is 20.1 Å². The molecule has 43 heavy (non-hydrogen) atoms. The molecule has 208 valence electrons. The maximum Gasteiger partial charge on any atom is 1.00 e. The second-order valence-corrected chi connectivity index (χ2v) is 10.1. The minimum Gasteiger partial charge on any atom is -0.657 e. The summed E-state index contributed by atoms with van der Waals surface area (Å²) in [7, 11) is 0. The number of hydrogen-bond acceptors (Lipinski definition) is 0. The van der Waals surface area contributed by atoms with Crippen LogP contribution in [0.15, 0.2) is 170 Å². The minimum absolute atomic E-state index is 0. The first-order valence-electron chi connectivity index (χ1n) is 14.1. The summed E-state index contributed by atoms with van der Waals surface area (Å²) >= 11 is 0. The summed E-state index contributed by atoms with van der Waals surface area (Å²) in [6.07, 6.45) is 4.00. The molecule has 0 fully saturated rings. The Morgan fingerprint density at radius 3 is 1.16 bits per heavy atom. The summed E-state index contributed by atoms with van der Waals surface area (Å²) in [5.74, 6) is 0. The van der Waals surface area contributed by atoms with Crippen molar-refractivity contribution < 1.29 is 31.5 Å². The Morgan fingerprint density at radius 2 is 0.767 bits per heavy atom. The van der Waals surface area contributed by atoms with Crippen LogP contribution in [0.5, 0.6) is 0 Å². The maximum absolute atomic E-state index is 4.78. The maximum atomic E-state index is 4.78. The van der Waals surface area contributed by atoms with Gasteiger partial charge in [0.05, 0.1) is 0 Å². The van der Waals surface area contributed by atoms with Crippen LogP contribution in [0.25, 0.3) is 44.1 Å². The summed E-state index contributed by atoms with van der Waals surface area (Å²) in [4.78, 5) is 4.78. The molecule has 0 N–H and O–H groups in total. The molecule has 0 saturated carbocycles. The van der Waals surface area contributed by atoms with Gasteiger partial charge in [-0.05, 0) is 45.2 Å². The van der Waals surface area contributed by atoms with Crippen LogP contribution in [0.3, 0.4) is 0 Å². The van der Waals surface area contributed by atoms with Crippen LogP contribution in [0.2, 0.25) is 0 Å². The number of fused-ring (bicyclic) bond motifs is 3. The summed E-state index contributed by atoms with van der Waals surface area (Å²) in [5, 5.41) is 2.43. The van der Waals surface area contributed by atoms with Crippen molar-refractivity contribution in [3.8, 4) is 22.3 Å². The second kappa shape index (κ2) is 12.9. The molecule has 1 aliphatic heterocycles. The molecule has 6 aromatic carbocycles. The molecule has 0 spiro atoms. The first kappa shape index (κ1) is 28.1. The van der Waals surface area contributed by atoms with Crippen molar-refractivity contribution in [3.63, 3.8) is 0 Å². The fourth-order valence-electron chi connectivity index (χ4n) is 5.23. The van der Waals surface area contributed by atoms with E-state index in [0.29, 0.717) is 0 Å². The summed E-state index contributed by atoms with van der Waals surface area (Å²) < 4.78 is 3.96. The Labute approximate surface area is 266 Å². The van der Waals surface area contributed by atoms with Gasteiger partial charge < -0.3 is 4.98 Å². The van der Waals surface area contributed by atoms with E-state index < -0.39 is 0 Å². The van der Waals surface area contributed by atoms with Gasteiger partial charge in [0.25, 0.3) is 12.4 Å². The van der Waals surface area contributed by atoms with Crippen LogP contribution < -0.4 is 4.98 Å². The van der Waals surface area contributed by atoms with Crippen LogP contribution in [0.4, 0.5) is 11.4 Å². The van der Waals surface area contributed by atoms with E-state index in [9.17, 15) is 0 Å². The van der Waals surface area contributed by atoms with Crippen LogP contribution >= 0.6 is 0 Å². The number of benzene rings is 6. The van der Waals surface area contributed by atoms with E-state index in [4.69, 9.17) is 4.98 Å². The number of hydrogen-bond donors (Lipinski definition) is 0. The Balaban J connectivity index is 0.000000161. The molecular weight excluding hydrogens is 707 g/mol. The van der Waals surface area contributed by atoms with Crippen LogP contribution in [0, 0.1) is 0 Å². The van der Waals surface area contributed by atoms with Gasteiger partial charge in [0.1, 0.15) is 0 Å². The monoisotopic (exact) mass is 735 g/mol. The number of nitrogens with zero attached hydrogens (tertiary/aromatic N) is 3. The van der Waals surface area contributed by atoms with Gasteiger partial charge in [-0.3, -0.25) is 0 Å². The first-order chi connectivity index (χ1) is 20.8. The standard InChI is InChI=1S/C24H16N.C15H12N2.Au/c1-3-7-17(8-4-1)19-11-13-23-21(15-19)22-16-20(12-14-24(22)25-23)18-9-5-2-6-10-18;1-3-7-14(8-4-1)16-11-12-17(13-16)15-9-5-2-6-10-15;/h1-16H;1-12H;/q-1;+2;+1. The van der Waals surface area contributed by atoms with Crippen molar-refractivity contribution in [2.45, 2.75) is 0 Å². The predicted octanol–water partition coefficient (Wildman–Crippen LogP) is 9.62. The Hall–Kier alpha value is -5.02. The van der Waals surface area contributed by atoms with E-state index in [-0.39, 0.29) is 22.4 Å². The molecule has 0 unspecified atom stereocenters. The molecule has 0 aliphatic carbocycles. The van der Waals surface area contributed by atoms with Crippen LogP contribution in [-0.2, 0) is 22.4 Å². The van der Waals surface area contributed by atoms with Gasteiger partial charge in [0.2, 0.25) is 11.4 Å². The van der Waals surface area contributed by atoms with Gasteiger partial charge in [0, 0.05) is 24.3 Å². The summed E-state index contributed by atoms with van der Waals surface area (Å²) in [6.45, 7) is 0. The van der Waals surface area contributed by atoms with Crippen molar-refractivity contribution in [2.24, 2.45) is 0 Å². The van der Waals surface area contributed by atoms with Crippen molar-refractivity contribution >= 4 is 39.2 Å². The van der Waals surface area contributed by atoms with E-state index in [2.05, 4.69) is 115 Å². The molecule has 0 bridgehead atoms. The zero-order chi connectivity index (χ0) is 28.1. The van der Waals surface area contributed by atoms with Crippen molar-refractivity contribution in [3.05, 3.63) is 170 Å². The van der Waals surface area contributed by atoms with Gasteiger partial charge in [-0.1, -0.05) is 130 Å². The first-order valence-corrected chi connectivity index (χ1v) is 14.1. The average molecular weight is 736 g/mol. The number of aromatic nitrogens is 1. The fraction of sp³-hybridized carbons (Fsp3) is 0. The Kier molecular flexibility index (Phi) is 8.42. The quantitative estimate of drug-likeness (QED) is 0.130. The molecule has 8 rings (SSSR count). The molecule has 0 saturated heterocycles. The van der Waals surface area contributed by atoms with Gasteiger partial charge in [-0.25, -0.2) is 0 Å². The fourth-order valence-corrected chi connectivity index (χ4v) is 5.23. The third-order valence-corrected chi connectivity index (χ3v) is 7.39. The molecule has 4 heteroatoms. The minimum atomic E-state index is 0. The molecule has 2 heterocycles. The molecular formula is C39H28AuN3+2. The van der Waals surface area contributed by atoms with Crippen molar-refractivity contribution in [1.82, 2.24) is 4.98 Å². The molecule has 1 aliphatic rings. The summed E-state index contributed by atoms with van der Waals surface area (Å²) in [6, 6.07) is 57.7. The van der Waals surface area contributed by atoms with E-state index in [0.717, 1.165) is 22.4 Å². The molecule has 0 radical (unpaired) electrons. The second-order valence-electron chi connectivity index (χ2n) is 10.1. The van der Waals surface area contributed by atoms with Gasteiger partial charge in [0.15, 0.2) is 0 Å². The zero-order valence-electron chi connectivity index (χ0n) is 23.3. The largest absolute Gasteiger partial charge is 1.00 e. The van der Waals surface area contributed by atoms with Crippen molar-refractivity contribution in [1.29, 1.82) is 0 Å². The van der Waals surface area contributed by atoms with E-state index in [1.165, 1.54) is 33.0 Å². The van der Waals surface area contributed by atoms with Crippen molar-refractivity contribution in [2.75, 3.05) is 0 Å². The predicted molar refractivity (Wildman–Crippen MR) is 173 cm³/mol. The molecule has 3 nitrogen and oxygen atoms in total. The van der Waals surface area contributed by atoms with Crippen LogP contribution in [-0.4, -0.2) is 15.2 Å².